The van der Waals surface area contributed by atoms with Crippen LogP contribution in [0.3, 0.4) is 0 Å². The third-order valence-electron chi connectivity index (χ3n) is 4.54. The number of hydrogen-bond donors (Lipinski definition) is 0. The number of carbonyl (C=O) groups is 1. The van der Waals surface area contributed by atoms with Crippen molar-refractivity contribution in [3.05, 3.63) is 111 Å². The van der Waals surface area contributed by atoms with Gasteiger partial charge in [-0.15, -0.1) is 0 Å². The van der Waals surface area contributed by atoms with Gasteiger partial charge in [0, 0.05) is 38.0 Å². The van der Waals surface area contributed by atoms with E-state index in [9.17, 15) is 4.79 Å². The minimum atomic E-state index is -0.172. The predicted octanol–water partition coefficient (Wildman–Crippen LogP) is 7.61. The van der Waals surface area contributed by atoms with Crippen molar-refractivity contribution in [2.45, 2.75) is 0 Å². The smallest absolute Gasteiger partial charge is 0.211 e. The molecular formula is C24H14Cl3NO. The number of aromatic nitrogens is 1. The second-order valence-electron chi connectivity index (χ2n) is 6.47. The van der Waals surface area contributed by atoms with E-state index in [1.54, 1.807) is 42.6 Å². The molecule has 2 nitrogen and oxygen atoms in total. The van der Waals surface area contributed by atoms with Crippen LogP contribution in [-0.4, -0.2) is 10.8 Å². The Hall–Kier alpha value is -2.65. The molecule has 0 saturated heterocycles. The summed E-state index contributed by atoms with van der Waals surface area (Å²) < 4.78 is 0. The molecule has 1 aromatic heterocycles. The Balaban J connectivity index is 1.85. The van der Waals surface area contributed by atoms with E-state index in [4.69, 9.17) is 34.8 Å². The molecule has 5 heteroatoms. The number of hydrogen-bond acceptors (Lipinski definition) is 2. The monoisotopic (exact) mass is 437 g/mol. The van der Waals surface area contributed by atoms with Crippen LogP contribution < -0.4 is 0 Å². The van der Waals surface area contributed by atoms with Gasteiger partial charge in [0.15, 0.2) is 0 Å². The van der Waals surface area contributed by atoms with E-state index in [-0.39, 0.29) is 5.78 Å². The SMILES string of the molecule is O=C(c1ccc(Cl)cc1)c1ncc(-c2ccc(Cl)cc2)cc1-c1ccc(Cl)cc1. The van der Waals surface area contributed by atoms with Gasteiger partial charge < -0.3 is 0 Å². The third kappa shape index (κ3) is 4.35. The first-order valence-corrected chi connectivity index (χ1v) is 9.97. The van der Waals surface area contributed by atoms with Gasteiger partial charge in [-0.3, -0.25) is 9.78 Å². The fourth-order valence-electron chi connectivity index (χ4n) is 3.03. The second kappa shape index (κ2) is 8.38. The summed E-state index contributed by atoms with van der Waals surface area (Å²) in [6, 6.07) is 23.6. The average Bonchev–Trinajstić information content (AvgIpc) is 2.74. The van der Waals surface area contributed by atoms with Crippen molar-refractivity contribution in [2.75, 3.05) is 0 Å². The Kier molecular flexibility index (Phi) is 5.68. The van der Waals surface area contributed by atoms with Crippen LogP contribution in [0.5, 0.6) is 0 Å². The van der Waals surface area contributed by atoms with Gasteiger partial charge >= 0.3 is 0 Å². The number of halogens is 3. The molecule has 0 aliphatic rings. The van der Waals surface area contributed by atoms with Gasteiger partial charge in [0.05, 0.1) is 0 Å². The van der Waals surface area contributed by atoms with E-state index >= 15 is 0 Å². The summed E-state index contributed by atoms with van der Waals surface area (Å²) in [5, 5.41) is 1.86. The van der Waals surface area contributed by atoms with Crippen molar-refractivity contribution in [1.29, 1.82) is 0 Å². The number of benzene rings is 3. The van der Waals surface area contributed by atoms with Gasteiger partial charge in [-0.05, 0) is 65.7 Å². The maximum absolute atomic E-state index is 13.2. The Bertz CT molecular complexity index is 1170. The molecule has 0 atom stereocenters. The highest BCUT2D eigenvalue weighted by Crippen LogP contribution is 2.31. The highest BCUT2D eigenvalue weighted by Gasteiger charge is 2.18. The molecule has 4 rings (SSSR count). The molecule has 4 aromatic rings. The predicted molar refractivity (Wildman–Crippen MR) is 120 cm³/mol. The summed E-state index contributed by atoms with van der Waals surface area (Å²) in [6.07, 6.45) is 1.70. The van der Waals surface area contributed by atoms with Gasteiger partial charge in [0.2, 0.25) is 5.78 Å². The standard InChI is InChI=1S/C24H14Cl3NO/c25-19-7-1-15(2-8-19)18-13-22(16-3-9-20(26)10-4-16)23(28-14-18)24(29)17-5-11-21(27)12-6-17/h1-14H. The molecule has 0 spiro atoms. The Morgan fingerprint density at radius 3 is 1.66 bits per heavy atom. The average molecular weight is 439 g/mol. The molecule has 3 aromatic carbocycles. The number of ketones is 1. The summed E-state index contributed by atoms with van der Waals surface area (Å²) in [4.78, 5) is 17.7. The molecule has 0 fully saturated rings. The maximum atomic E-state index is 13.2. The molecule has 0 bridgehead atoms. The molecule has 0 aliphatic carbocycles. The lowest BCUT2D eigenvalue weighted by Gasteiger charge is -2.12. The van der Waals surface area contributed by atoms with Crippen LogP contribution >= 0.6 is 34.8 Å². The van der Waals surface area contributed by atoms with E-state index in [1.807, 2.05) is 42.5 Å². The Labute approximate surface area is 183 Å². The van der Waals surface area contributed by atoms with Crippen LogP contribution in [0.2, 0.25) is 15.1 Å². The first-order valence-electron chi connectivity index (χ1n) is 8.83. The topological polar surface area (TPSA) is 30.0 Å². The van der Waals surface area contributed by atoms with Gasteiger partial charge in [0.25, 0.3) is 0 Å². The number of rotatable bonds is 4. The zero-order valence-corrected chi connectivity index (χ0v) is 17.3. The van der Waals surface area contributed by atoms with Gasteiger partial charge in [-0.2, -0.15) is 0 Å². The minimum Gasteiger partial charge on any atom is -0.287 e. The van der Waals surface area contributed by atoms with Crippen LogP contribution in [0.4, 0.5) is 0 Å². The number of nitrogens with zero attached hydrogens (tertiary/aromatic N) is 1. The maximum Gasteiger partial charge on any atom is 0.211 e. The molecule has 142 valence electrons. The summed E-state index contributed by atoms with van der Waals surface area (Å²) in [6.45, 7) is 0. The fourth-order valence-corrected chi connectivity index (χ4v) is 3.41. The first-order chi connectivity index (χ1) is 14.0. The molecule has 29 heavy (non-hydrogen) atoms. The fraction of sp³-hybridized carbons (Fsp3) is 0. The Morgan fingerprint density at radius 1 is 0.621 bits per heavy atom. The normalized spacial score (nSPS) is 10.7. The molecule has 1 heterocycles. The van der Waals surface area contributed by atoms with Crippen molar-refractivity contribution in [2.24, 2.45) is 0 Å². The van der Waals surface area contributed by atoms with Gasteiger partial charge in [-0.1, -0.05) is 59.1 Å². The van der Waals surface area contributed by atoms with Gasteiger partial charge in [0.1, 0.15) is 5.69 Å². The van der Waals surface area contributed by atoms with Gasteiger partial charge in [-0.25, -0.2) is 0 Å². The van der Waals surface area contributed by atoms with E-state index < -0.39 is 0 Å². The molecule has 0 N–H and O–H groups in total. The zero-order chi connectivity index (χ0) is 20.4. The van der Waals surface area contributed by atoms with Crippen molar-refractivity contribution < 1.29 is 4.79 Å². The number of pyridine rings is 1. The molecule has 0 saturated carbocycles. The highest BCUT2D eigenvalue weighted by molar-refractivity contribution is 6.31. The van der Waals surface area contributed by atoms with Crippen LogP contribution in [0.1, 0.15) is 16.1 Å². The summed E-state index contributed by atoms with van der Waals surface area (Å²) in [5.74, 6) is -0.172. The van der Waals surface area contributed by atoms with E-state index in [0.29, 0.717) is 26.3 Å². The lowest BCUT2D eigenvalue weighted by molar-refractivity contribution is 0.103. The van der Waals surface area contributed by atoms with Crippen molar-refractivity contribution in [3.8, 4) is 22.3 Å². The van der Waals surface area contributed by atoms with Crippen LogP contribution in [0.25, 0.3) is 22.3 Å². The molecule has 0 amide bonds. The summed E-state index contributed by atoms with van der Waals surface area (Å²) in [5.41, 5.74) is 4.33. The third-order valence-corrected chi connectivity index (χ3v) is 5.30. The largest absolute Gasteiger partial charge is 0.287 e. The van der Waals surface area contributed by atoms with Crippen LogP contribution in [0.15, 0.2) is 85.1 Å². The summed E-state index contributed by atoms with van der Waals surface area (Å²) in [7, 11) is 0. The summed E-state index contributed by atoms with van der Waals surface area (Å²) >= 11 is 18.0. The Morgan fingerprint density at radius 2 is 1.10 bits per heavy atom. The van der Waals surface area contributed by atoms with Crippen molar-refractivity contribution in [1.82, 2.24) is 4.98 Å². The minimum absolute atomic E-state index is 0.172. The van der Waals surface area contributed by atoms with Crippen molar-refractivity contribution in [3.63, 3.8) is 0 Å². The lowest BCUT2D eigenvalue weighted by Crippen LogP contribution is -2.06. The van der Waals surface area contributed by atoms with Crippen LogP contribution in [-0.2, 0) is 0 Å². The van der Waals surface area contributed by atoms with E-state index in [0.717, 1.165) is 22.3 Å². The molecule has 0 aliphatic heterocycles. The zero-order valence-electron chi connectivity index (χ0n) is 15.1. The quantitative estimate of drug-likeness (QED) is 0.307. The first kappa shape index (κ1) is 19.7. The highest BCUT2D eigenvalue weighted by atomic mass is 35.5. The number of carbonyl (C=O) groups excluding carboxylic acids is 1. The van der Waals surface area contributed by atoms with Crippen LogP contribution in [0, 0.1) is 0 Å². The molecular weight excluding hydrogens is 425 g/mol. The van der Waals surface area contributed by atoms with Crippen molar-refractivity contribution >= 4 is 40.6 Å². The lowest BCUT2D eigenvalue weighted by atomic mass is 9.95. The molecule has 0 unspecified atom stereocenters. The van der Waals surface area contributed by atoms with E-state index in [2.05, 4.69) is 4.98 Å². The second-order valence-corrected chi connectivity index (χ2v) is 7.78. The van der Waals surface area contributed by atoms with E-state index in [1.165, 1.54) is 0 Å². The molecule has 0 radical (unpaired) electrons.